The van der Waals surface area contributed by atoms with E-state index in [0.717, 1.165) is 32.9 Å². The molecule has 0 saturated carbocycles. The van der Waals surface area contributed by atoms with Gasteiger partial charge in [-0.15, -0.1) is 0 Å². The van der Waals surface area contributed by atoms with Gasteiger partial charge in [0.2, 0.25) is 0 Å². The van der Waals surface area contributed by atoms with E-state index in [-0.39, 0.29) is 17.7 Å². The van der Waals surface area contributed by atoms with Gasteiger partial charge in [-0.2, -0.15) is 0 Å². The highest BCUT2D eigenvalue weighted by atomic mass is 79.9. The number of hydrogen-bond acceptors (Lipinski definition) is 4. The molecule has 0 N–H and O–H groups in total. The number of thioether (sulfide) groups is 1. The Kier molecular flexibility index (Phi) is 6.35. The SMILES string of the molecule is O=C1S/C(=C\c2ccccc2OCc2ccccc2)C(=O)N1Cc1ccccc1Br. The lowest BCUT2D eigenvalue weighted by atomic mass is 10.1. The highest BCUT2D eigenvalue weighted by Gasteiger charge is 2.35. The maximum Gasteiger partial charge on any atom is 0.293 e. The largest absolute Gasteiger partial charge is 0.488 e. The molecule has 3 aromatic rings. The number of ether oxygens (including phenoxy) is 1. The summed E-state index contributed by atoms with van der Waals surface area (Å²) in [6.45, 7) is 0.658. The van der Waals surface area contributed by atoms with Gasteiger partial charge in [0.05, 0.1) is 11.4 Å². The molecule has 1 fully saturated rings. The van der Waals surface area contributed by atoms with E-state index in [4.69, 9.17) is 4.74 Å². The number of nitrogens with zero attached hydrogens (tertiary/aromatic N) is 1. The molecule has 4 nitrogen and oxygen atoms in total. The molecule has 1 aliphatic rings. The van der Waals surface area contributed by atoms with Crippen molar-refractivity contribution in [3.63, 3.8) is 0 Å². The monoisotopic (exact) mass is 479 g/mol. The Morgan fingerprint density at radius 2 is 1.60 bits per heavy atom. The van der Waals surface area contributed by atoms with Crippen molar-refractivity contribution in [1.29, 1.82) is 0 Å². The first kappa shape index (κ1) is 20.4. The van der Waals surface area contributed by atoms with E-state index < -0.39 is 0 Å². The van der Waals surface area contributed by atoms with Crippen LogP contribution in [0.1, 0.15) is 16.7 Å². The third kappa shape index (κ3) is 4.66. The third-order valence-electron chi connectivity index (χ3n) is 4.60. The number of carbonyl (C=O) groups is 2. The Hall–Kier alpha value is -2.83. The number of amides is 2. The first-order valence-electron chi connectivity index (χ1n) is 9.36. The van der Waals surface area contributed by atoms with Crippen LogP contribution in [0.25, 0.3) is 6.08 Å². The van der Waals surface area contributed by atoms with Gasteiger partial charge < -0.3 is 4.74 Å². The average Bonchev–Trinajstić information content (AvgIpc) is 3.03. The van der Waals surface area contributed by atoms with Gasteiger partial charge in [-0.1, -0.05) is 82.7 Å². The van der Waals surface area contributed by atoms with Crippen molar-refractivity contribution in [3.8, 4) is 5.75 Å². The molecule has 0 unspecified atom stereocenters. The van der Waals surface area contributed by atoms with E-state index >= 15 is 0 Å². The van der Waals surface area contributed by atoms with Crippen LogP contribution in [0.2, 0.25) is 0 Å². The number of hydrogen-bond donors (Lipinski definition) is 0. The van der Waals surface area contributed by atoms with Crippen molar-refractivity contribution in [2.24, 2.45) is 0 Å². The van der Waals surface area contributed by atoms with Crippen LogP contribution in [0.5, 0.6) is 5.75 Å². The number of benzene rings is 3. The summed E-state index contributed by atoms with van der Waals surface area (Å²) in [5.41, 5.74) is 2.70. The maximum atomic E-state index is 12.9. The lowest BCUT2D eigenvalue weighted by Crippen LogP contribution is -2.27. The van der Waals surface area contributed by atoms with E-state index in [2.05, 4.69) is 15.9 Å². The summed E-state index contributed by atoms with van der Waals surface area (Å²) >= 11 is 4.42. The summed E-state index contributed by atoms with van der Waals surface area (Å²) in [6.07, 6.45) is 1.73. The smallest absolute Gasteiger partial charge is 0.293 e. The van der Waals surface area contributed by atoms with Crippen molar-refractivity contribution in [2.45, 2.75) is 13.2 Å². The Morgan fingerprint density at radius 1 is 0.900 bits per heavy atom. The Labute approximate surface area is 187 Å². The van der Waals surface area contributed by atoms with Gasteiger partial charge >= 0.3 is 0 Å². The highest BCUT2D eigenvalue weighted by Crippen LogP contribution is 2.35. The molecule has 0 radical (unpaired) electrons. The van der Waals surface area contributed by atoms with Crippen LogP contribution in [0.15, 0.2) is 88.2 Å². The summed E-state index contributed by atoms with van der Waals surface area (Å²) in [5.74, 6) is 0.373. The molecular formula is C24H18BrNO3S. The average molecular weight is 480 g/mol. The Morgan fingerprint density at radius 3 is 2.40 bits per heavy atom. The van der Waals surface area contributed by atoms with Gasteiger partial charge in [0.15, 0.2) is 0 Å². The zero-order chi connectivity index (χ0) is 20.9. The number of carbonyl (C=O) groups excluding carboxylic acids is 2. The van der Waals surface area contributed by atoms with Crippen LogP contribution >= 0.6 is 27.7 Å². The standard InChI is InChI=1S/C24H18BrNO3S/c25-20-12-6-4-11-19(20)15-26-23(27)22(30-24(26)28)14-18-10-5-7-13-21(18)29-16-17-8-2-1-3-9-17/h1-14H,15-16H2/b22-14-. The summed E-state index contributed by atoms with van der Waals surface area (Å²) in [6, 6.07) is 25.0. The van der Waals surface area contributed by atoms with Gasteiger partial charge in [-0.3, -0.25) is 14.5 Å². The van der Waals surface area contributed by atoms with Gasteiger partial charge in [0, 0.05) is 10.0 Å². The molecule has 3 aromatic carbocycles. The molecular weight excluding hydrogens is 462 g/mol. The molecule has 0 atom stereocenters. The number of halogens is 1. The highest BCUT2D eigenvalue weighted by molar-refractivity contribution is 9.10. The van der Waals surface area contributed by atoms with Crippen LogP contribution < -0.4 is 4.74 Å². The molecule has 4 rings (SSSR count). The second-order valence-corrected chi connectivity index (χ2v) is 8.52. The lowest BCUT2D eigenvalue weighted by molar-refractivity contribution is -0.123. The molecule has 2 amide bonds. The van der Waals surface area contributed by atoms with Crippen LogP contribution in [0.3, 0.4) is 0 Å². The van der Waals surface area contributed by atoms with Crippen molar-refractivity contribution >= 4 is 44.9 Å². The van der Waals surface area contributed by atoms with Crippen molar-refractivity contribution in [1.82, 2.24) is 4.90 Å². The second kappa shape index (κ2) is 9.32. The van der Waals surface area contributed by atoms with Gasteiger partial charge in [-0.25, -0.2) is 0 Å². The second-order valence-electron chi connectivity index (χ2n) is 6.67. The van der Waals surface area contributed by atoms with E-state index in [0.29, 0.717) is 17.3 Å². The first-order chi connectivity index (χ1) is 14.6. The molecule has 150 valence electrons. The minimum atomic E-state index is -0.293. The fraction of sp³-hybridized carbons (Fsp3) is 0.0833. The zero-order valence-electron chi connectivity index (χ0n) is 16.0. The van der Waals surface area contributed by atoms with Crippen LogP contribution in [0.4, 0.5) is 4.79 Å². The van der Waals surface area contributed by atoms with Crippen LogP contribution in [-0.4, -0.2) is 16.0 Å². The number of imide groups is 1. The Balaban J connectivity index is 1.53. The number of para-hydroxylation sites is 1. The minimum absolute atomic E-state index is 0.232. The fourth-order valence-electron chi connectivity index (χ4n) is 3.04. The maximum absolute atomic E-state index is 12.9. The van der Waals surface area contributed by atoms with E-state index in [1.165, 1.54) is 4.90 Å². The normalized spacial score (nSPS) is 15.1. The van der Waals surface area contributed by atoms with Gasteiger partial charge in [0.1, 0.15) is 12.4 Å². The molecule has 0 aromatic heterocycles. The quantitative estimate of drug-likeness (QED) is 0.391. The minimum Gasteiger partial charge on any atom is -0.488 e. The van der Waals surface area contributed by atoms with Gasteiger partial charge in [0.25, 0.3) is 11.1 Å². The third-order valence-corrected chi connectivity index (χ3v) is 6.28. The van der Waals surface area contributed by atoms with Crippen LogP contribution in [0, 0.1) is 0 Å². The zero-order valence-corrected chi connectivity index (χ0v) is 18.4. The fourth-order valence-corrected chi connectivity index (χ4v) is 4.28. The molecule has 0 spiro atoms. The number of rotatable bonds is 6. The molecule has 30 heavy (non-hydrogen) atoms. The topological polar surface area (TPSA) is 46.6 Å². The molecule has 1 saturated heterocycles. The molecule has 1 aliphatic heterocycles. The van der Waals surface area contributed by atoms with Gasteiger partial charge in [-0.05, 0) is 41.1 Å². The first-order valence-corrected chi connectivity index (χ1v) is 11.0. The predicted octanol–water partition coefficient (Wildman–Crippen LogP) is 6.26. The summed E-state index contributed by atoms with van der Waals surface area (Å²) < 4.78 is 6.83. The summed E-state index contributed by atoms with van der Waals surface area (Å²) in [5, 5.41) is -0.273. The van der Waals surface area contributed by atoms with Crippen molar-refractivity contribution < 1.29 is 14.3 Å². The van der Waals surface area contributed by atoms with Crippen molar-refractivity contribution in [3.05, 3.63) is 105 Å². The molecule has 1 heterocycles. The molecule has 0 bridgehead atoms. The molecule has 6 heteroatoms. The predicted molar refractivity (Wildman–Crippen MR) is 123 cm³/mol. The van der Waals surface area contributed by atoms with E-state index in [1.807, 2.05) is 78.9 Å². The van der Waals surface area contributed by atoms with E-state index in [9.17, 15) is 9.59 Å². The van der Waals surface area contributed by atoms with E-state index in [1.54, 1.807) is 6.08 Å². The van der Waals surface area contributed by atoms with Crippen molar-refractivity contribution in [2.75, 3.05) is 0 Å². The Bertz CT molecular complexity index is 1110. The summed E-state index contributed by atoms with van der Waals surface area (Å²) in [7, 11) is 0. The molecule has 0 aliphatic carbocycles. The van der Waals surface area contributed by atoms with Crippen LogP contribution in [-0.2, 0) is 17.9 Å². The summed E-state index contributed by atoms with van der Waals surface area (Å²) in [4.78, 5) is 27.0. The lowest BCUT2D eigenvalue weighted by Gasteiger charge is -2.13.